The summed E-state index contributed by atoms with van der Waals surface area (Å²) in [5, 5.41) is 11.1. The number of hydrogen-bond acceptors (Lipinski definition) is 8. The fraction of sp³-hybridized carbons (Fsp3) is 0.857. The van der Waals surface area contributed by atoms with E-state index in [9.17, 15) is 19.2 Å². The Labute approximate surface area is 240 Å². The molecule has 2 atom stereocenters. The lowest BCUT2D eigenvalue weighted by Crippen LogP contribution is -2.41. The van der Waals surface area contributed by atoms with Crippen LogP contribution in [-0.4, -0.2) is 73.5 Å². The lowest BCUT2D eigenvalue weighted by molar-refractivity contribution is -0.123. The van der Waals surface area contributed by atoms with Crippen LogP contribution in [0.4, 0.5) is 9.59 Å². The van der Waals surface area contributed by atoms with Crippen molar-refractivity contribution >= 4 is 24.0 Å². The predicted molar refractivity (Wildman–Crippen MR) is 157 cm³/mol. The van der Waals surface area contributed by atoms with Crippen molar-refractivity contribution in [2.75, 3.05) is 26.2 Å². The zero-order valence-corrected chi connectivity index (χ0v) is 25.7. The molecule has 0 fully saturated rings. The van der Waals surface area contributed by atoms with Gasteiger partial charge in [0, 0.05) is 26.2 Å². The first kappa shape index (κ1) is 37.4. The van der Waals surface area contributed by atoms with Crippen molar-refractivity contribution in [3.8, 4) is 0 Å². The molecule has 0 heterocycles. The number of rotatable bonds is 19. The second-order valence-electron chi connectivity index (χ2n) is 12.1. The second-order valence-corrected chi connectivity index (χ2v) is 12.1. The number of carbonyl (C=O) groups excluding carboxylic acids is 4. The zero-order chi connectivity index (χ0) is 30.6. The van der Waals surface area contributed by atoms with Gasteiger partial charge in [0.25, 0.3) is 0 Å². The number of hydrogen-bond donors (Lipinski definition) is 6. The molecule has 0 aliphatic rings. The fourth-order valence-electron chi connectivity index (χ4n) is 3.54. The molecule has 0 bridgehead atoms. The van der Waals surface area contributed by atoms with Gasteiger partial charge in [0.15, 0.2) is 0 Å². The predicted octanol–water partition coefficient (Wildman–Crippen LogP) is 2.82. The van der Waals surface area contributed by atoms with Crippen LogP contribution in [0.1, 0.15) is 106 Å². The second kappa shape index (κ2) is 20.3. The van der Waals surface area contributed by atoms with Gasteiger partial charge in [-0.25, -0.2) is 9.59 Å². The summed E-state index contributed by atoms with van der Waals surface area (Å²) in [6.45, 7) is 12.9. The van der Waals surface area contributed by atoms with Gasteiger partial charge in [-0.15, -0.1) is 0 Å². The van der Waals surface area contributed by atoms with Crippen LogP contribution in [0, 0.1) is 0 Å². The van der Waals surface area contributed by atoms with Crippen LogP contribution < -0.4 is 32.7 Å². The summed E-state index contributed by atoms with van der Waals surface area (Å²) in [4.78, 5) is 47.4. The van der Waals surface area contributed by atoms with Crippen molar-refractivity contribution in [1.29, 1.82) is 0 Å². The Morgan fingerprint density at radius 3 is 1.15 bits per heavy atom. The molecule has 0 radical (unpaired) electrons. The molecule has 0 unspecified atom stereocenters. The highest BCUT2D eigenvalue weighted by molar-refractivity contribution is 5.81. The number of nitrogens with one attached hydrogen (secondary N) is 4. The summed E-state index contributed by atoms with van der Waals surface area (Å²) < 4.78 is 10.3. The lowest BCUT2D eigenvalue weighted by atomic mass is 10.1. The summed E-state index contributed by atoms with van der Waals surface area (Å²) in [5.74, 6) is -0.330. The molecule has 234 valence electrons. The Morgan fingerprint density at radius 2 is 0.825 bits per heavy atom. The maximum absolute atomic E-state index is 12.1. The molecule has 0 aliphatic heterocycles. The van der Waals surface area contributed by atoms with Crippen LogP contribution in [-0.2, 0) is 19.1 Å². The van der Waals surface area contributed by atoms with Gasteiger partial charge >= 0.3 is 12.2 Å². The van der Waals surface area contributed by atoms with Gasteiger partial charge in [0.1, 0.15) is 11.2 Å². The number of ether oxygens (including phenoxy) is 2. The van der Waals surface area contributed by atoms with Gasteiger partial charge in [0.05, 0.1) is 12.1 Å². The molecule has 0 saturated carbocycles. The molecule has 4 amide bonds. The van der Waals surface area contributed by atoms with E-state index in [-0.39, 0.29) is 11.8 Å². The van der Waals surface area contributed by atoms with Gasteiger partial charge in [-0.2, -0.15) is 0 Å². The largest absolute Gasteiger partial charge is 0.444 e. The summed E-state index contributed by atoms with van der Waals surface area (Å²) >= 11 is 0. The van der Waals surface area contributed by atoms with Crippen LogP contribution in [0.25, 0.3) is 0 Å². The Hall–Kier alpha value is -2.60. The number of alkyl carbamates (subject to hydrolysis) is 2. The van der Waals surface area contributed by atoms with E-state index in [0.29, 0.717) is 39.0 Å². The van der Waals surface area contributed by atoms with E-state index in [1.54, 1.807) is 0 Å². The Morgan fingerprint density at radius 1 is 0.525 bits per heavy atom. The van der Waals surface area contributed by atoms with Crippen LogP contribution in [0.2, 0.25) is 0 Å². The monoisotopic (exact) mass is 572 g/mol. The molecule has 0 aromatic carbocycles. The fourth-order valence-corrected chi connectivity index (χ4v) is 3.54. The van der Waals surface area contributed by atoms with E-state index in [2.05, 4.69) is 21.3 Å². The van der Waals surface area contributed by atoms with E-state index < -0.39 is 35.5 Å². The molecular weight excluding hydrogens is 516 g/mol. The van der Waals surface area contributed by atoms with Crippen molar-refractivity contribution in [3.05, 3.63) is 0 Å². The van der Waals surface area contributed by atoms with Crippen LogP contribution in [0.15, 0.2) is 0 Å². The van der Waals surface area contributed by atoms with Crippen molar-refractivity contribution in [1.82, 2.24) is 21.3 Å². The minimum atomic E-state index is -0.567. The van der Waals surface area contributed by atoms with E-state index in [1.165, 1.54) is 0 Å². The van der Waals surface area contributed by atoms with Crippen LogP contribution in [0.5, 0.6) is 0 Å². The van der Waals surface area contributed by atoms with Gasteiger partial charge in [-0.3, -0.25) is 9.59 Å². The van der Waals surface area contributed by atoms with Crippen LogP contribution in [0.3, 0.4) is 0 Å². The Bertz CT molecular complexity index is 689. The zero-order valence-electron chi connectivity index (χ0n) is 25.7. The SMILES string of the molecule is CC(C)(C)OC(=O)NCCCC[C@H](N)C(=O)NCCCCCCNC(=O)[C@@H](N)CCCCNC(=O)OC(C)(C)C. The van der Waals surface area contributed by atoms with Crippen molar-refractivity contribution in [3.63, 3.8) is 0 Å². The number of unbranched alkanes of at least 4 members (excludes halogenated alkanes) is 5. The normalized spacial score (nSPS) is 13.1. The third-order valence-corrected chi connectivity index (χ3v) is 5.60. The molecule has 12 nitrogen and oxygen atoms in total. The molecule has 8 N–H and O–H groups in total. The number of amides is 4. The van der Waals surface area contributed by atoms with E-state index >= 15 is 0 Å². The van der Waals surface area contributed by atoms with Crippen molar-refractivity contribution in [2.24, 2.45) is 11.5 Å². The average molecular weight is 573 g/mol. The topological polar surface area (TPSA) is 187 Å². The number of carbonyl (C=O) groups is 4. The molecular formula is C28H56N6O6. The first-order valence-electron chi connectivity index (χ1n) is 14.6. The average Bonchev–Trinajstić information content (AvgIpc) is 2.82. The molecule has 0 rings (SSSR count). The molecule has 0 aromatic rings. The lowest BCUT2D eigenvalue weighted by Gasteiger charge is -2.19. The molecule has 0 aliphatic carbocycles. The quantitative estimate of drug-likeness (QED) is 0.127. The highest BCUT2D eigenvalue weighted by Gasteiger charge is 2.17. The summed E-state index contributed by atoms with van der Waals surface area (Å²) in [6.07, 6.45) is 6.62. The van der Waals surface area contributed by atoms with Crippen molar-refractivity contribution < 1.29 is 28.7 Å². The maximum atomic E-state index is 12.1. The van der Waals surface area contributed by atoms with Gasteiger partial charge in [0.2, 0.25) is 11.8 Å². The molecule has 0 spiro atoms. The molecule has 0 aromatic heterocycles. The van der Waals surface area contributed by atoms with Gasteiger partial charge < -0.3 is 42.2 Å². The van der Waals surface area contributed by atoms with E-state index in [0.717, 1.165) is 51.4 Å². The number of nitrogens with two attached hydrogens (primary N) is 2. The van der Waals surface area contributed by atoms with E-state index in [1.807, 2.05) is 41.5 Å². The highest BCUT2D eigenvalue weighted by Crippen LogP contribution is 2.08. The third kappa shape index (κ3) is 23.3. The van der Waals surface area contributed by atoms with Crippen molar-refractivity contribution in [2.45, 2.75) is 129 Å². The van der Waals surface area contributed by atoms with Gasteiger partial charge in [-0.05, 0) is 92.9 Å². The Balaban J connectivity index is 3.68. The first-order chi connectivity index (χ1) is 18.6. The first-order valence-corrected chi connectivity index (χ1v) is 14.6. The highest BCUT2D eigenvalue weighted by atomic mass is 16.6. The molecule has 0 saturated heterocycles. The Kier molecular flexibility index (Phi) is 19.0. The summed E-state index contributed by atoms with van der Waals surface area (Å²) in [5.41, 5.74) is 10.9. The minimum Gasteiger partial charge on any atom is -0.444 e. The molecule has 40 heavy (non-hydrogen) atoms. The molecule has 12 heteroatoms. The third-order valence-electron chi connectivity index (χ3n) is 5.60. The minimum absolute atomic E-state index is 0.165. The summed E-state index contributed by atoms with van der Waals surface area (Å²) in [6, 6.07) is -1.13. The van der Waals surface area contributed by atoms with E-state index in [4.69, 9.17) is 20.9 Å². The van der Waals surface area contributed by atoms with Crippen LogP contribution >= 0.6 is 0 Å². The standard InChI is InChI=1S/C28H56N6O6/c1-27(2,3)39-25(37)33-19-13-9-15-21(29)23(35)31-17-11-7-8-12-18-32-24(36)22(30)16-10-14-20-34-26(38)40-28(4,5)6/h21-22H,7-20,29-30H2,1-6H3,(H,31,35)(H,32,36)(H,33,37)(H,34,38)/t21-,22-/m0/s1. The maximum Gasteiger partial charge on any atom is 0.407 e. The van der Waals surface area contributed by atoms with Gasteiger partial charge in [-0.1, -0.05) is 12.8 Å². The summed E-state index contributed by atoms with van der Waals surface area (Å²) in [7, 11) is 0. The smallest absolute Gasteiger partial charge is 0.407 e.